The van der Waals surface area contributed by atoms with Gasteiger partial charge < -0.3 is 4.74 Å². The summed E-state index contributed by atoms with van der Waals surface area (Å²) in [6.45, 7) is 2.25. The lowest BCUT2D eigenvalue weighted by Gasteiger charge is -2.41. The van der Waals surface area contributed by atoms with Crippen molar-refractivity contribution in [3.8, 4) is 5.75 Å². The van der Waals surface area contributed by atoms with E-state index in [-0.39, 0.29) is 12.3 Å². The van der Waals surface area contributed by atoms with Crippen LogP contribution in [0.5, 0.6) is 5.75 Å². The van der Waals surface area contributed by atoms with Crippen LogP contribution < -0.4 is 4.74 Å². The van der Waals surface area contributed by atoms with Gasteiger partial charge in [0.15, 0.2) is 0 Å². The van der Waals surface area contributed by atoms with E-state index < -0.39 is 11.8 Å². The standard InChI is InChI=1S/C24H36F2O/c1-3-4-5-6-18-7-9-19(10-8-18)21-13-16-23(24(25,26)17-21)20-11-14-22(27-2)15-12-20/h11-12,14-15,18-19,21,23H,3-10,13,16-17H2,1-2H3/t18?,19?,21-,23+/m0/s1. The average Bonchev–Trinajstić information content (AvgIpc) is 2.68. The van der Waals surface area contributed by atoms with Crippen molar-refractivity contribution < 1.29 is 13.5 Å². The van der Waals surface area contributed by atoms with E-state index in [1.54, 1.807) is 19.2 Å². The molecule has 3 rings (SSSR count). The number of hydrogen-bond acceptors (Lipinski definition) is 1. The fourth-order valence-electron chi connectivity index (χ4n) is 5.47. The zero-order valence-electron chi connectivity index (χ0n) is 17.1. The summed E-state index contributed by atoms with van der Waals surface area (Å²) >= 11 is 0. The maximum absolute atomic E-state index is 15.0. The van der Waals surface area contributed by atoms with Crippen molar-refractivity contribution in [2.75, 3.05) is 7.11 Å². The van der Waals surface area contributed by atoms with Crippen LogP contribution >= 0.6 is 0 Å². The van der Waals surface area contributed by atoms with E-state index in [1.807, 2.05) is 12.1 Å². The van der Waals surface area contributed by atoms with Gasteiger partial charge in [0.1, 0.15) is 5.75 Å². The van der Waals surface area contributed by atoms with Crippen LogP contribution in [0.2, 0.25) is 0 Å². The molecular weight excluding hydrogens is 342 g/mol. The molecule has 1 nitrogen and oxygen atoms in total. The Hall–Kier alpha value is -1.12. The Morgan fingerprint density at radius 2 is 1.59 bits per heavy atom. The van der Waals surface area contributed by atoms with Gasteiger partial charge in [-0.15, -0.1) is 0 Å². The number of unbranched alkanes of at least 4 members (excludes halogenated alkanes) is 2. The van der Waals surface area contributed by atoms with E-state index in [0.717, 1.165) is 23.7 Å². The van der Waals surface area contributed by atoms with E-state index in [2.05, 4.69) is 6.92 Å². The van der Waals surface area contributed by atoms with E-state index in [4.69, 9.17) is 4.74 Å². The molecule has 0 aromatic heterocycles. The predicted molar refractivity (Wildman–Crippen MR) is 108 cm³/mol. The molecule has 0 saturated heterocycles. The molecule has 0 spiro atoms. The predicted octanol–water partition coefficient (Wildman–Crippen LogP) is 7.60. The monoisotopic (exact) mass is 378 g/mol. The van der Waals surface area contributed by atoms with Gasteiger partial charge in [-0.25, -0.2) is 8.78 Å². The zero-order chi connectivity index (χ0) is 19.3. The summed E-state index contributed by atoms with van der Waals surface area (Å²) in [5.41, 5.74) is 0.763. The van der Waals surface area contributed by atoms with Crippen molar-refractivity contribution in [2.24, 2.45) is 17.8 Å². The van der Waals surface area contributed by atoms with Crippen molar-refractivity contribution in [3.05, 3.63) is 29.8 Å². The van der Waals surface area contributed by atoms with Gasteiger partial charge in [0, 0.05) is 12.3 Å². The van der Waals surface area contributed by atoms with Gasteiger partial charge in [-0.3, -0.25) is 0 Å². The third-order valence-corrected chi connectivity index (χ3v) is 7.16. The highest BCUT2D eigenvalue weighted by atomic mass is 19.3. The lowest BCUT2D eigenvalue weighted by molar-refractivity contribution is -0.0845. The maximum atomic E-state index is 15.0. The molecule has 2 atom stereocenters. The topological polar surface area (TPSA) is 9.23 Å². The van der Waals surface area contributed by atoms with Gasteiger partial charge >= 0.3 is 0 Å². The molecule has 27 heavy (non-hydrogen) atoms. The largest absolute Gasteiger partial charge is 0.497 e. The summed E-state index contributed by atoms with van der Waals surface area (Å²) < 4.78 is 35.1. The Labute approximate surface area is 163 Å². The number of halogens is 2. The van der Waals surface area contributed by atoms with Crippen molar-refractivity contribution in [1.29, 1.82) is 0 Å². The average molecular weight is 379 g/mol. The molecule has 1 aromatic carbocycles. The van der Waals surface area contributed by atoms with Crippen molar-refractivity contribution in [2.45, 2.75) is 89.4 Å². The van der Waals surface area contributed by atoms with Gasteiger partial charge in [0.05, 0.1) is 7.11 Å². The van der Waals surface area contributed by atoms with Crippen LogP contribution in [0.25, 0.3) is 0 Å². The van der Waals surface area contributed by atoms with Gasteiger partial charge in [0.2, 0.25) is 0 Å². The number of hydrogen-bond donors (Lipinski definition) is 0. The first kappa shape index (κ1) is 20.6. The molecule has 0 aliphatic heterocycles. The summed E-state index contributed by atoms with van der Waals surface area (Å²) in [7, 11) is 1.60. The molecule has 2 aliphatic rings. The third kappa shape index (κ3) is 5.23. The summed E-state index contributed by atoms with van der Waals surface area (Å²) in [6.07, 6.45) is 11.8. The number of methoxy groups -OCH3 is 1. The van der Waals surface area contributed by atoms with Crippen LogP contribution in [-0.4, -0.2) is 13.0 Å². The molecule has 0 unspecified atom stereocenters. The lowest BCUT2D eigenvalue weighted by atomic mass is 9.66. The molecule has 3 heteroatoms. The number of alkyl halides is 2. The van der Waals surface area contributed by atoms with Gasteiger partial charge in [0.25, 0.3) is 5.92 Å². The first-order valence-corrected chi connectivity index (χ1v) is 11.0. The van der Waals surface area contributed by atoms with Crippen LogP contribution in [0.1, 0.15) is 89.0 Å². The highest BCUT2D eigenvalue weighted by Gasteiger charge is 2.47. The molecule has 0 bridgehead atoms. The molecule has 152 valence electrons. The van der Waals surface area contributed by atoms with E-state index in [1.165, 1.54) is 51.4 Å². The van der Waals surface area contributed by atoms with Gasteiger partial charge in [-0.2, -0.15) is 0 Å². The smallest absolute Gasteiger partial charge is 0.255 e. The van der Waals surface area contributed by atoms with E-state index in [9.17, 15) is 8.78 Å². The Morgan fingerprint density at radius 3 is 2.19 bits per heavy atom. The SMILES string of the molecule is CCCCCC1CCC([C@H]2CC[C@H](c3ccc(OC)cc3)C(F)(F)C2)CC1. The highest BCUT2D eigenvalue weighted by molar-refractivity contribution is 5.31. The second-order valence-corrected chi connectivity index (χ2v) is 8.90. The minimum atomic E-state index is -2.59. The summed E-state index contributed by atoms with van der Waals surface area (Å²) in [4.78, 5) is 0. The van der Waals surface area contributed by atoms with Crippen LogP contribution in [0.3, 0.4) is 0 Å². The third-order valence-electron chi connectivity index (χ3n) is 7.16. The van der Waals surface area contributed by atoms with E-state index in [0.29, 0.717) is 12.3 Å². The second-order valence-electron chi connectivity index (χ2n) is 8.90. The first-order chi connectivity index (χ1) is 13.0. The minimum absolute atomic E-state index is 0.0782. The molecule has 0 heterocycles. The van der Waals surface area contributed by atoms with E-state index >= 15 is 0 Å². The number of rotatable bonds is 7. The van der Waals surface area contributed by atoms with Gasteiger partial charge in [-0.1, -0.05) is 57.6 Å². The van der Waals surface area contributed by atoms with Crippen LogP contribution in [0, 0.1) is 17.8 Å². The Balaban J connectivity index is 1.53. The van der Waals surface area contributed by atoms with Crippen molar-refractivity contribution in [3.63, 3.8) is 0 Å². The number of benzene rings is 1. The molecule has 0 radical (unpaired) electrons. The summed E-state index contributed by atoms with van der Waals surface area (Å²) in [5.74, 6) is -0.906. The fraction of sp³-hybridized carbons (Fsp3) is 0.750. The Bertz CT molecular complexity index is 560. The molecule has 0 amide bonds. The summed E-state index contributed by atoms with van der Waals surface area (Å²) in [5, 5.41) is 0. The zero-order valence-corrected chi connectivity index (χ0v) is 17.1. The van der Waals surface area contributed by atoms with Crippen LogP contribution in [-0.2, 0) is 0 Å². The quantitative estimate of drug-likeness (QED) is 0.444. The Kier molecular flexibility index (Phi) is 7.16. The van der Waals surface area contributed by atoms with Crippen molar-refractivity contribution >= 4 is 0 Å². The second kappa shape index (κ2) is 9.39. The van der Waals surface area contributed by atoms with Crippen LogP contribution in [0.4, 0.5) is 8.78 Å². The molecular formula is C24H36F2O. The molecule has 2 fully saturated rings. The first-order valence-electron chi connectivity index (χ1n) is 11.0. The van der Waals surface area contributed by atoms with Gasteiger partial charge in [-0.05, 0) is 61.1 Å². The lowest BCUT2D eigenvalue weighted by Crippen LogP contribution is -2.37. The molecule has 2 aliphatic carbocycles. The molecule has 1 aromatic rings. The maximum Gasteiger partial charge on any atom is 0.255 e. The number of ether oxygens (including phenoxy) is 1. The normalized spacial score (nSPS) is 30.8. The molecule has 0 N–H and O–H groups in total. The highest BCUT2D eigenvalue weighted by Crippen LogP contribution is 2.51. The molecule has 2 saturated carbocycles. The Morgan fingerprint density at radius 1 is 0.926 bits per heavy atom. The van der Waals surface area contributed by atoms with Crippen LogP contribution in [0.15, 0.2) is 24.3 Å². The van der Waals surface area contributed by atoms with Crippen molar-refractivity contribution in [1.82, 2.24) is 0 Å². The summed E-state index contributed by atoms with van der Waals surface area (Å²) in [6, 6.07) is 7.24. The minimum Gasteiger partial charge on any atom is -0.497 e. The fourth-order valence-corrected chi connectivity index (χ4v) is 5.47.